The molecular weight excluding hydrogens is 526 g/mol. The summed E-state index contributed by atoms with van der Waals surface area (Å²) in [7, 11) is 0. The molecule has 0 radical (unpaired) electrons. The Morgan fingerprint density at radius 3 is 2.50 bits per heavy atom. The highest BCUT2D eigenvalue weighted by molar-refractivity contribution is 8.00. The number of hydrogen-bond donors (Lipinski definition) is 4. The zero-order chi connectivity index (χ0) is 28.7. The maximum atomic E-state index is 12.2. The Bertz CT molecular complexity index is 1060. The monoisotopic (exact) mass is 569 g/mol. The SMILES string of the molecule is CCCCCC(O)CS[C@H]1[C@H](O)CC(O)[C@@H]1CC=CCCCC(=O)Oc1ccc(NC(=O)c2ccccc2)cc1. The zero-order valence-electron chi connectivity index (χ0n) is 23.3. The third-order valence-corrected chi connectivity index (χ3v) is 8.73. The number of carbonyl (C=O) groups is 2. The van der Waals surface area contributed by atoms with Crippen LogP contribution in [0.5, 0.6) is 5.75 Å². The number of amides is 1. The van der Waals surface area contributed by atoms with Crippen LogP contribution in [0, 0.1) is 5.92 Å². The molecule has 40 heavy (non-hydrogen) atoms. The lowest BCUT2D eigenvalue weighted by molar-refractivity contribution is -0.134. The first-order valence-corrected chi connectivity index (χ1v) is 15.4. The molecule has 3 rings (SSSR count). The van der Waals surface area contributed by atoms with Gasteiger partial charge in [0.25, 0.3) is 5.91 Å². The summed E-state index contributed by atoms with van der Waals surface area (Å²) in [5, 5.41) is 33.8. The first-order valence-electron chi connectivity index (χ1n) is 14.3. The Morgan fingerprint density at radius 1 is 1.02 bits per heavy atom. The van der Waals surface area contributed by atoms with Crippen molar-refractivity contribution < 1.29 is 29.6 Å². The van der Waals surface area contributed by atoms with Gasteiger partial charge in [0.15, 0.2) is 0 Å². The lowest BCUT2D eigenvalue weighted by Gasteiger charge is -2.23. The van der Waals surface area contributed by atoms with Gasteiger partial charge >= 0.3 is 5.97 Å². The van der Waals surface area contributed by atoms with Crippen molar-refractivity contribution in [3.8, 4) is 5.75 Å². The largest absolute Gasteiger partial charge is 0.427 e. The molecule has 1 saturated carbocycles. The molecule has 0 aliphatic heterocycles. The van der Waals surface area contributed by atoms with Crippen LogP contribution in [-0.2, 0) is 4.79 Å². The second-order valence-electron chi connectivity index (χ2n) is 10.4. The fourth-order valence-corrected chi connectivity index (χ4v) is 6.32. The highest BCUT2D eigenvalue weighted by Crippen LogP contribution is 2.38. The standard InChI is InChI=1S/C32H43NO6S/c1-2-3-7-14-25(34)22-40-31-27(28(35)21-29(31)36)15-10-4-5-11-16-30(37)39-26-19-17-24(18-20-26)33-32(38)23-12-8-6-9-13-23/h4,6,8-10,12-13,17-20,25,27-29,31,34-36H,2-3,5,7,11,14-16,21-22H2,1H3,(H,33,38)/t25?,27-,28?,29+,31+/m0/s1. The number of allylic oxidation sites excluding steroid dienone is 2. The third-order valence-electron chi connectivity index (χ3n) is 7.11. The highest BCUT2D eigenvalue weighted by atomic mass is 32.2. The summed E-state index contributed by atoms with van der Waals surface area (Å²) in [5.74, 6) is 0.419. The minimum atomic E-state index is -0.565. The smallest absolute Gasteiger partial charge is 0.311 e. The number of carbonyl (C=O) groups excluding carboxylic acids is 2. The summed E-state index contributed by atoms with van der Waals surface area (Å²) >= 11 is 1.57. The van der Waals surface area contributed by atoms with Crippen LogP contribution < -0.4 is 10.1 Å². The van der Waals surface area contributed by atoms with Crippen molar-refractivity contribution in [2.45, 2.75) is 88.3 Å². The van der Waals surface area contributed by atoms with Crippen LogP contribution in [0.15, 0.2) is 66.7 Å². The number of esters is 1. The lowest BCUT2D eigenvalue weighted by Crippen LogP contribution is -2.26. The Morgan fingerprint density at radius 2 is 1.77 bits per heavy atom. The predicted molar refractivity (Wildman–Crippen MR) is 161 cm³/mol. The minimum Gasteiger partial charge on any atom is -0.427 e. The van der Waals surface area contributed by atoms with Crippen molar-refractivity contribution in [1.82, 2.24) is 0 Å². The lowest BCUT2D eigenvalue weighted by atomic mass is 10.0. The van der Waals surface area contributed by atoms with E-state index in [9.17, 15) is 24.9 Å². The van der Waals surface area contributed by atoms with E-state index in [1.54, 1.807) is 60.3 Å². The fourth-order valence-electron chi connectivity index (χ4n) is 4.84. The van der Waals surface area contributed by atoms with Crippen molar-refractivity contribution >= 4 is 29.3 Å². The number of thioether (sulfide) groups is 1. The normalized spacial score (nSPS) is 21.4. The average molecular weight is 570 g/mol. The molecule has 0 aromatic heterocycles. The van der Waals surface area contributed by atoms with Gasteiger partial charge in [0, 0.05) is 41.0 Å². The quantitative estimate of drug-likeness (QED) is 0.0881. The second-order valence-corrected chi connectivity index (χ2v) is 11.6. The molecule has 1 amide bonds. The second kappa shape index (κ2) is 17.2. The van der Waals surface area contributed by atoms with E-state index in [2.05, 4.69) is 12.2 Å². The van der Waals surface area contributed by atoms with E-state index in [1.807, 2.05) is 18.2 Å². The number of benzene rings is 2. The van der Waals surface area contributed by atoms with E-state index in [0.717, 1.165) is 25.7 Å². The summed E-state index contributed by atoms with van der Waals surface area (Å²) in [6.07, 6.45) is 9.19. The fraction of sp³-hybridized carbons (Fsp3) is 0.500. The van der Waals surface area contributed by atoms with E-state index in [4.69, 9.17) is 4.74 Å². The molecule has 2 unspecified atom stereocenters. The van der Waals surface area contributed by atoms with Gasteiger partial charge in [-0.25, -0.2) is 0 Å². The van der Waals surface area contributed by atoms with E-state index >= 15 is 0 Å². The number of aliphatic hydroxyl groups excluding tert-OH is 3. The molecule has 0 saturated heterocycles. The molecule has 1 fully saturated rings. The van der Waals surface area contributed by atoms with E-state index in [-0.39, 0.29) is 35.6 Å². The van der Waals surface area contributed by atoms with Crippen LogP contribution in [0.25, 0.3) is 0 Å². The van der Waals surface area contributed by atoms with Crippen LogP contribution in [0.4, 0.5) is 5.69 Å². The third kappa shape index (κ3) is 10.7. The summed E-state index contributed by atoms with van der Waals surface area (Å²) in [5.41, 5.74) is 1.18. The summed E-state index contributed by atoms with van der Waals surface area (Å²) in [6.45, 7) is 2.14. The van der Waals surface area contributed by atoms with Gasteiger partial charge in [0.1, 0.15) is 5.75 Å². The maximum Gasteiger partial charge on any atom is 0.311 e. The van der Waals surface area contributed by atoms with Gasteiger partial charge in [-0.3, -0.25) is 9.59 Å². The maximum absolute atomic E-state index is 12.2. The van der Waals surface area contributed by atoms with Gasteiger partial charge in [-0.2, -0.15) is 11.8 Å². The van der Waals surface area contributed by atoms with Gasteiger partial charge in [-0.15, -0.1) is 0 Å². The van der Waals surface area contributed by atoms with E-state index < -0.39 is 12.2 Å². The van der Waals surface area contributed by atoms with Crippen molar-refractivity contribution in [2.75, 3.05) is 11.1 Å². The molecular formula is C32H43NO6S. The van der Waals surface area contributed by atoms with Crippen molar-refractivity contribution in [1.29, 1.82) is 0 Å². The van der Waals surface area contributed by atoms with Gasteiger partial charge in [-0.05, 0) is 62.1 Å². The molecule has 0 heterocycles. The number of ether oxygens (including phenoxy) is 1. The Hall–Kier alpha value is -2.65. The van der Waals surface area contributed by atoms with Crippen LogP contribution in [0.3, 0.4) is 0 Å². The van der Waals surface area contributed by atoms with Crippen LogP contribution in [0.1, 0.15) is 75.1 Å². The molecule has 1 aliphatic carbocycles. The minimum absolute atomic E-state index is 0.0514. The molecule has 2 aromatic rings. The number of aliphatic hydroxyl groups is 3. The molecule has 2 aromatic carbocycles. The number of anilines is 1. The summed E-state index contributed by atoms with van der Waals surface area (Å²) < 4.78 is 5.40. The molecule has 0 spiro atoms. The highest BCUT2D eigenvalue weighted by Gasteiger charge is 2.41. The van der Waals surface area contributed by atoms with Crippen molar-refractivity contribution in [3.63, 3.8) is 0 Å². The molecule has 218 valence electrons. The number of rotatable bonds is 16. The van der Waals surface area contributed by atoms with Crippen LogP contribution >= 0.6 is 11.8 Å². The van der Waals surface area contributed by atoms with Gasteiger partial charge in [-0.1, -0.05) is 56.5 Å². The van der Waals surface area contributed by atoms with Gasteiger partial charge < -0.3 is 25.4 Å². The molecule has 8 heteroatoms. The first kappa shape index (κ1) is 31.9. The zero-order valence-corrected chi connectivity index (χ0v) is 24.1. The van der Waals surface area contributed by atoms with Gasteiger partial charge in [0.2, 0.25) is 0 Å². The Labute approximate surface area is 242 Å². The van der Waals surface area contributed by atoms with Gasteiger partial charge in [0.05, 0.1) is 18.3 Å². The predicted octanol–water partition coefficient (Wildman–Crippen LogP) is 5.75. The molecule has 0 bridgehead atoms. The summed E-state index contributed by atoms with van der Waals surface area (Å²) in [4.78, 5) is 24.5. The summed E-state index contributed by atoms with van der Waals surface area (Å²) in [6, 6.07) is 15.6. The Balaban J connectivity index is 1.33. The molecule has 4 N–H and O–H groups in total. The Kier molecular flexibility index (Phi) is 13.7. The average Bonchev–Trinajstić information content (AvgIpc) is 3.22. The first-order chi connectivity index (χ1) is 19.4. The number of nitrogens with one attached hydrogen (secondary N) is 1. The van der Waals surface area contributed by atoms with E-state index in [0.29, 0.717) is 48.4 Å². The molecule has 7 nitrogen and oxygen atoms in total. The van der Waals surface area contributed by atoms with Crippen LogP contribution in [-0.4, -0.2) is 56.5 Å². The topological polar surface area (TPSA) is 116 Å². The number of unbranched alkanes of at least 4 members (excludes halogenated alkanes) is 3. The molecule has 1 aliphatic rings. The number of hydrogen-bond acceptors (Lipinski definition) is 7. The van der Waals surface area contributed by atoms with Crippen molar-refractivity contribution in [2.24, 2.45) is 5.92 Å². The van der Waals surface area contributed by atoms with Crippen molar-refractivity contribution in [3.05, 3.63) is 72.3 Å². The van der Waals surface area contributed by atoms with E-state index in [1.165, 1.54) is 0 Å². The van der Waals surface area contributed by atoms with Crippen LogP contribution in [0.2, 0.25) is 0 Å². The molecule has 5 atom stereocenters.